The largest absolute Gasteiger partial charge is 0.507 e. The van der Waals surface area contributed by atoms with Crippen molar-refractivity contribution in [1.82, 2.24) is 10.1 Å². The number of furan rings is 1. The summed E-state index contributed by atoms with van der Waals surface area (Å²) in [5, 5.41) is 14.0. The summed E-state index contributed by atoms with van der Waals surface area (Å²) in [4.78, 5) is 4.13. The molecule has 0 radical (unpaired) electrons. The van der Waals surface area contributed by atoms with Gasteiger partial charge in [-0.15, -0.1) is 0 Å². The van der Waals surface area contributed by atoms with Crippen molar-refractivity contribution >= 4 is 11.6 Å². The maximum Gasteiger partial charge on any atom is 0.262 e. The number of nitrogens with zero attached hydrogens (tertiary/aromatic N) is 2. The Morgan fingerprint density at radius 2 is 2.11 bits per heavy atom. The number of benzene rings is 1. The zero-order valence-corrected chi connectivity index (χ0v) is 9.76. The van der Waals surface area contributed by atoms with E-state index in [2.05, 4.69) is 10.1 Å². The average Bonchev–Trinajstić information content (AvgIpc) is 3.00. The molecule has 5 nitrogen and oxygen atoms in total. The van der Waals surface area contributed by atoms with Gasteiger partial charge in [0.05, 0.1) is 11.8 Å². The van der Waals surface area contributed by atoms with Crippen molar-refractivity contribution in [1.29, 1.82) is 0 Å². The minimum Gasteiger partial charge on any atom is -0.507 e. The van der Waals surface area contributed by atoms with E-state index < -0.39 is 0 Å². The summed E-state index contributed by atoms with van der Waals surface area (Å²) in [7, 11) is 0. The fourth-order valence-electron chi connectivity index (χ4n) is 1.52. The number of rotatable bonds is 2. The quantitative estimate of drug-likeness (QED) is 0.767. The molecule has 90 valence electrons. The van der Waals surface area contributed by atoms with Crippen molar-refractivity contribution < 1.29 is 14.0 Å². The highest BCUT2D eigenvalue weighted by Gasteiger charge is 2.15. The van der Waals surface area contributed by atoms with Gasteiger partial charge in [0, 0.05) is 5.02 Å². The highest BCUT2D eigenvalue weighted by Crippen LogP contribution is 2.31. The second-order valence-electron chi connectivity index (χ2n) is 3.56. The van der Waals surface area contributed by atoms with Crippen LogP contribution >= 0.6 is 11.6 Å². The van der Waals surface area contributed by atoms with Gasteiger partial charge in [0.2, 0.25) is 5.82 Å². The van der Waals surface area contributed by atoms with Gasteiger partial charge < -0.3 is 14.0 Å². The van der Waals surface area contributed by atoms with E-state index in [1.807, 2.05) is 0 Å². The van der Waals surface area contributed by atoms with Gasteiger partial charge in [-0.2, -0.15) is 4.98 Å². The van der Waals surface area contributed by atoms with Crippen molar-refractivity contribution in [2.24, 2.45) is 0 Å². The van der Waals surface area contributed by atoms with E-state index in [0.29, 0.717) is 22.2 Å². The van der Waals surface area contributed by atoms with E-state index in [-0.39, 0.29) is 11.6 Å². The van der Waals surface area contributed by atoms with Crippen LogP contribution in [0.3, 0.4) is 0 Å². The van der Waals surface area contributed by atoms with E-state index in [4.69, 9.17) is 20.5 Å². The molecular weight excluding hydrogens is 256 g/mol. The number of halogens is 1. The number of phenols is 1. The Balaban J connectivity index is 2.05. The van der Waals surface area contributed by atoms with E-state index in [1.165, 1.54) is 12.3 Å². The molecule has 0 atom stereocenters. The molecule has 0 aliphatic rings. The lowest BCUT2D eigenvalue weighted by Gasteiger charge is -1.98. The van der Waals surface area contributed by atoms with Crippen LogP contribution in [0.25, 0.3) is 23.0 Å². The molecule has 1 N–H and O–H groups in total. The summed E-state index contributed by atoms with van der Waals surface area (Å²) >= 11 is 5.85. The van der Waals surface area contributed by atoms with Gasteiger partial charge in [-0.05, 0) is 30.3 Å². The van der Waals surface area contributed by atoms with Crippen LogP contribution in [0, 0.1) is 0 Å². The monoisotopic (exact) mass is 262 g/mol. The van der Waals surface area contributed by atoms with E-state index in [0.717, 1.165) is 0 Å². The number of phenolic OH excluding ortho intramolecular Hbond substituents is 1. The summed E-state index contributed by atoms with van der Waals surface area (Å²) in [6.45, 7) is 0. The highest BCUT2D eigenvalue weighted by atomic mass is 35.5. The van der Waals surface area contributed by atoms with Crippen molar-refractivity contribution in [3.8, 4) is 28.8 Å². The molecule has 0 unspecified atom stereocenters. The fraction of sp³-hybridized carbons (Fsp3) is 0. The van der Waals surface area contributed by atoms with Gasteiger partial charge in [0.25, 0.3) is 5.89 Å². The normalized spacial score (nSPS) is 10.7. The third kappa shape index (κ3) is 1.84. The standard InChI is InChI=1S/C12H7ClN2O3/c13-7-3-4-9(16)8(6-7)12-14-11(15-18-12)10-2-1-5-17-10/h1-6,16H. The van der Waals surface area contributed by atoms with E-state index >= 15 is 0 Å². The summed E-state index contributed by atoms with van der Waals surface area (Å²) in [5.41, 5.74) is 0.382. The van der Waals surface area contributed by atoms with Crippen LogP contribution in [0.1, 0.15) is 0 Å². The minimum absolute atomic E-state index is 0.0223. The molecule has 0 fully saturated rings. The minimum atomic E-state index is 0.0223. The van der Waals surface area contributed by atoms with Crippen LogP contribution in [0.2, 0.25) is 5.02 Å². The molecular formula is C12H7ClN2O3. The lowest BCUT2D eigenvalue weighted by Crippen LogP contribution is -1.80. The van der Waals surface area contributed by atoms with E-state index in [1.54, 1.807) is 24.3 Å². The molecule has 0 saturated carbocycles. The number of hydrogen-bond donors (Lipinski definition) is 1. The first-order valence-corrected chi connectivity index (χ1v) is 5.48. The molecule has 0 amide bonds. The van der Waals surface area contributed by atoms with Crippen LogP contribution in [-0.4, -0.2) is 15.2 Å². The molecule has 2 aromatic heterocycles. The molecule has 18 heavy (non-hydrogen) atoms. The zero-order chi connectivity index (χ0) is 12.5. The Bertz CT molecular complexity index is 676. The Labute approximate surface area is 107 Å². The predicted molar refractivity (Wildman–Crippen MR) is 64.1 cm³/mol. The van der Waals surface area contributed by atoms with Crippen LogP contribution in [0.15, 0.2) is 45.5 Å². The van der Waals surface area contributed by atoms with Crippen molar-refractivity contribution in [3.63, 3.8) is 0 Å². The predicted octanol–water partition coefficient (Wildman–Crippen LogP) is 3.36. The SMILES string of the molecule is Oc1ccc(Cl)cc1-c1nc(-c2ccco2)no1. The zero-order valence-electron chi connectivity index (χ0n) is 9.00. The Morgan fingerprint density at radius 3 is 2.89 bits per heavy atom. The van der Waals surface area contributed by atoms with Crippen LogP contribution < -0.4 is 0 Å². The molecule has 0 spiro atoms. The maximum absolute atomic E-state index is 9.72. The number of aromatic hydroxyl groups is 1. The molecule has 0 bridgehead atoms. The smallest absolute Gasteiger partial charge is 0.262 e. The Hall–Kier alpha value is -2.27. The molecule has 2 heterocycles. The van der Waals surface area contributed by atoms with Crippen molar-refractivity contribution in [3.05, 3.63) is 41.6 Å². The average molecular weight is 263 g/mol. The van der Waals surface area contributed by atoms with E-state index in [9.17, 15) is 5.11 Å². The molecule has 0 saturated heterocycles. The van der Waals surface area contributed by atoms with Gasteiger partial charge in [-0.3, -0.25) is 0 Å². The third-order valence-electron chi connectivity index (χ3n) is 2.36. The van der Waals surface area contributed by atoms with Crippen LogP contribution in [0.5, 0.6) is 5.75 Å². The second kappa shape index (κ2) is 4.19. The van der Waals surface area contributed by atoms with Gasteiger partial charge in [0.1, 0.15) is 5.75 Å². The van der Waals surface area contributed by atoms with Crippen LogP contribution in [-0.2, 0) is 0 Å². The van der Waals surface area contributed by atoms with Crippen molar-refractivity contribution in [2.75, 3.05) is 0 Å². The molecule has 3 aromatic rings. The summed E-state index contributed by atoms with van der Waals surface area (Å²) in [5.74, 6) is 1.01. The summed E-state index contributed by atoms with van der Waals surface area (Å²) in [6, 6.07) is 8.03. The molecule has 1 aromatic carbocycles. The Kier molecular flexibility index (Phi) is 2.53. The topological polar surface area (TPSA) is 72.3 Å². The molecule has 3 rings (SSSR count). The first-order valence-electron chi connectivity index (χ1n) is 5.10. The lowest BCUT2D eigenvalue weighted by molar-refractivity contribution is 0.423. The summed E-state index contributed by atoms with van der Waals surface area (Å²) < 4.78 is 10.2. The molecule has 0 aliphatic heterocycles. The van der Waals surface area contributed by atoms with Gasteiger partial charge >= 0.3 is 0 Å². The lowest BCUT2D eigenvalue weighted by atomic mass is 10.2. The molecule has 0 aliphatic carbocycles. The molecule has 6 heteroatoms. The van der Waals surface area contributed by atoms with Crippen molar-refractivity contribution in [2.45, 2.75) is 0 Å². The van der Waals surface area contributed by atoms with Gasteiger partial charge in [-0.25, -0.2) is 0 Å². The third-order valence-corrected chi connectivity index (χ3v) is 2.59. The number of aromatic nitrogens is 2. The summed E-state index contributed by atoms with van der Waals surface area (Å²) in [6.07, 6.45) is 1.52. The fourth-order valence-corrected chi connectivity index (χ4v) is 1.69. The van der Waals surface area contributed by atoms with Crippen LogP contribution in [0.4, 0.5) is 0 Å². The first-order chi connectivity index (χ1) is 8.74. The Morgan fingerprint density at radius 1 is 1.22 bits per heavy atom. The highest BCUT2D eigenvalue weighted by molar-refractivity contribution is 6.30. The second-order valence-corrected chi connectivity index (χ2v) is 4.00. The number of hydrogen-bond acceptors (Lipinski definition) is 5. The van der Waals surface area contributed by atoms with Gasteiger partial charge in [-0.1, -0.05) is 16.8 Å². The maximum atomic E-state index is 9.72. The first kappa shape index (κ1) is 10.9. The van der Waals surface area contributed by atoms with Gasteiger partial charge in [0.15, 0.2) is 5.76 Å².